The van der Waals surface area contributed by atoms with E-state index >= 15 is 0 Å². The van der Waals surface area contributed by atoms with E-state index in [4.69, 9.17) is 16.6 Å². The predicted molar refractivity (Wildman–Crippen MR) is 108 cm³/mol. The zero-order valence-electron chi connectivity index (χ0n) is 16.1. The molecule has 146 valence electrons. The molecule has 1 aliphatic heterocycles. The summed E-state index contributed by atoms with van der Waals surface area (Å²) in [6.45, 7) is 4.95. The Hall–Kier alpha value is -1.88. The van der Waals surface area contributed by atoms with Crippen molar-refractivity contribution >= 4 is 29.1 Å². The summed E-state index contributed by atoms with van der Waals surface area (Å²) in [7, 11) is 0. The molecule has 6 heteroatoms. The molecule has 27 heavy (non-hydrogen) atoms. The molecular formula is C21H28ClN3O2. The number of benzene rings is 1. The first-order chi connectivity index (χ1) is 12.9. The third kappa shape index (κ3) is 4.52. The molecule has 5 nitrogen and oxygen atoms in total. The van der Waals surface area contributed by atoms with E-state index in [1.807, 2.05) is 12.1 Å². The van der Waals surface area contributed by atoms with Crippen LogP contribution in [0.15, 0.2) is 29.3 Å². The highest BCUT2D eigenvalue weighted by Crippen LogP contribution is 2.39. The van der Waals surface area contributed by atoms with Gasteiger partial charge in [-0.3, -0.25) is 14.6 Å². The molecule has 1 aromatic rings. The molecule has 1 aliphatic carbocycles. The second kappa shape index (κ2) is 8.42. The van der Waals surface area contributed by atoms with Gasteiger partial charge in [-0.05, 0) is 50.2 Å². The van der Waals surface area contributed by atoms with Crippen molar-refractivity contribution in [3.8, 4) is 0 Å². The Morgan fingerprint density at radius 2 is 1.89 bits per heavy atom. The lowest BCUT2D eigenvalue weighted by Crippen LogP contribution is -2.52. The molecule has 2 amide bonds. The second-order valence-corrected chi connectivity index (χ2v) is 8.37. The van der Waals surface area contributed by atoms with Crippen molar-refractivity contribution < 1.29 is 9.59 Å². The molecule has 1 aromatic carbocycles. The number of nitrogens with zero attached hydrogens (tertiary/aromatic N) is 2. The van der Waals surface area contributed by atoms with Gasteiger partial charge in [-0.1, -0.05) is 44.0 Å². The minimum atomic E-state index is -0.570. The van der Waals surface area contributed by atoms with E-state index in [-0.39, 0.29) is 18.4 Å². The van der Waals surface area contributed by atoms with E-state index in [2.05, 4.69) is 19.2 Å². The maximum absolute atomic E-state index is 13.2. The maximum atomic E-state index is 13.2. The lowest BCUT2D eigenvalue weighted by atomic mass is 9.88. The molecule has 3 rings (SSSR count). The topological polar surface area (TPSA) is 61.8 Å². The zero-order valence-corrected chi connectivity index (χ0v) is 16.9. The van der Waals surface area contributed by atoms with Crippen molar-refractivity contribution in [3.63, 3.8) is 0 Å². The average molecular weight is 390 g/mol. The quantitative estimate of drug-likeness (QED) is 0.804. The Bertz CT molecular complexity index is 721. The number of halogens is 1. The largest absolute Gasteiger partial charge is 0.355 e. The summed E-state index contributed by atoms with van der Waals surface area (Å²) in [5.41, 5.74) is 0.639. The molecule has 1 heterocycles. The van der Waals surface area contributed by atoms with Crippen LogP contribution in [0.25, 0.3) is 0 Å². The lowest BCUT2D eigenvalue weighted by molar-refractivity contribution is -0.136. The SMILES string of the molecule is CC(C)CCNC(=O)CN1C(=O)C(c2ccc(Cl)cc2)=NC12CCCCC2. The van der Waals surface area contributed by atoms with Gasteiger partial charge in [-0.15, -0.1) is 0 Å². The summed E-state index contributed by atoms with van der Waals surface area (Å²) in [4.78, 5) is 32.2. The van der Waals surface area contributed by atoms with Gasteiger partial charge in [-0.25, -0.2) is 0 Å². The number of amides is 2. The highest BCUT2D eigenvalue weighted by molar-refractivity contribution is 6.47. The zero-order chi connectivity index (χ0) is 19.4. The molecule has 0 unspecified atom stereocenters. The molecule has 0 radical (unpaired) electrons. The van der Waals surface area contributed by atoms with Crippen LogP contribution in [-0.2, 0) is 9.59 Å². The third-order valence-electron chi connectivity index (χ3n) is 5.39. The molecule has 1 spiro atoms. The Balaban J connectivity index is 1.79. The van der Waals surface area contributed by atoms with Gasteiger partial charge in [0.2, 0.25) is 5.91 Å². The molecule has 1 fully saturated rings. The van der Waals surface area contributed by atoms with Crippen LogP contribution < -0.4 is 5.32 Å². The molecule has 0 bridgehead atoms. The fourth-order valence-corrected chi connectivity index (χ4v) is 3.97. The van der Waals surface area contributed by atoms with Gasteiger partial charge < -0.3 is 10.2 Å². The first-order valence-electron chi connectivity index (χ1n) is 9.86. The summed E-state index contributed by atoms with van der Waals surface area (Å²) in [6.07, 6.45) is 5.75. The molecular weight excluding hydrogens is 362 g/mol. The summed E-state index contributed by atoms with van der Waals surface area (Å²) in [6, 6.07) is 7.17. The van der Waals surface area contributed by atoms with E-state index in [1.54, 1.807) is 17.0 Å². The van der Waals surface area contributed by atoms with Gasteiger partial charge in [0, 0.05) is 17.1 Å². The fourth-order valence-electron chi connectivity index (χ4n) is 3.85. The van der Waals surface area contributed by atoms with E-state index in [0.717, 1.165) is 44.1 Å². The number of hydrogen-bond donors (Lipinski definition) is 1. The predicted octanol–water partition coefficient (Wildman–Crippen LogP) is 3.79. The fraction of sp³-hybridized carbons (Fsp3) is 0.571. The van der Waals surface area contributed by atoms with Crippen LogP contribution in [0.3, 0.4) is 0 Å². The van der Waals surface area contributed by atoms with E-state index < -0.39 is 5.66 Å². The Morgan fingerprint density at radius 1 is 1.22 bits per heavy atom. The Morgan fingerprint density at radius 3 is 2.52 bits per heavy atom. The third-order valence-corrected chi connectivity index (χ3v) is 5.64. The van der Waals surface area contributed by atoms with E-state index in [0.29, 0.717) is 23.2 Å². The molecule has 2 aliphatic rings. The van der Waals surface area contributed by atoms with Crippen LogP contribution in [0, 0.1) is 5.92 Å². The standard InChI is InChI=1S/C21H28ClN3O2/c1-15(2)10-13-23-18(26)14-25-20(27)19(16-6-8-17(22)9-7-16)24-21(25)11-4-3-5-12-21/h6-9,15H,3-5,10-14H2,1-2H3,(H,23,26). The lowest BCUT2D eigenvalue weighted by Gasteiger charge is -2.38. The summed E-state index contributed by atoms with van der Waals surface area (Å²) in [5.74, 6) is 0.267. The number of nitrogens with one attached hydrogen (secondary N) is 1. The summed E-state index contributed by atoms with van der Waals surface area (Å²) in [5, 5.41) is 3.57. The van der Waals surface area contributed by atoms with Gasteiger partial charge in [0.15, 0.2) is 0 Å². The first kappa shape index (κ1) is 19.9. The van der Waals surface area contributed by atoms with Crippen LogP contribution in [0.1, 0.15) is 57.9 Å². The molecule has 0 atom stereocenters. The van der Waals surface area contributed by atoms with Crippen molar-refractivity contribution in [3.05, 3.63) is 34.9 Å². The molecule has 0 aromatic heterocycles. The van der Waals surface area contributed by atoms with Crippen LogP contribution in [-0.4, -0.2) is 41.2 Å². The average Bonchev–Trinajstić information content (AvgIpc) is 2.89. The highest BCUT2D eigenvalue weighted by atomic mass is 35.5. The van der Waals surface area contributed by atoms with Crippen molar-refractivity contribution in [2.75, 3.05) is 13.1 Å². The smallest absolute Gasteiger partial charge is 0.275 e. The van der Waals surface area contributed by atoms with Gasteiger partial charge in [0.05, 0.1) is 0 Å². The Kier molecular flexibility index (Phi) is 6.20. The molecule has 0 saturated heterocycles. The van der Waals surface area contributed by atoms with E-state index in [1.165, 1.54) is 0 Å². The van der Waals surface area contributed by atoms with Crippen LogP contribution in [0.2, 0.25) is 5.02 Å². The second-order valence-electron chi connectivity index (χ2n) is 7.93. The minimum Gasteiger partial charge on any atom is -0.355 e. The van der Waals surface area contributed by atoms with Gasteiger partial charge in [0.25, 0.3) is 5.91 Å². The number of carbonyl (C=O) groups excluding carboxylic acids is 2. The normalized spacial score (nSPS) is 18.9. The van der Waals surface area contributed by atoms with Crippen molar-refractivity contribution in [1.29, 1.82) is 0 Å². The maximum Gasteiger partial charge on any atom is 0.275 e. The summed E-state index contributed by atoms with van der Waals surface area (Å²) < 4.78 is 0. The highest BCUT2D eigenvalue weighted by Gasteiger charge is 2.48. The van der Waals surface area contributed by atoms with Crippen LogP contribution >= 0.6 is 11.6 Å². The number of aliphatic imine (C=N–C) groups is 1. The van der Waals surface area contributed by atoms with Crippen molar-refractivity contribution in [1.82, 2.24) is 10.2 Å². The van der Waals surface area contributed by atoms with Gasteiger partial charge >= 0.3 is 0 Å². The van der Waals surface area contributed by atoms with Gasteiger partial charge in [0.1, 0.15) is 17.9 Å². The number of hydrogen-bond acceptors (Lipinski definition) is 3. The van der Waals surface area contributed by atoms with Crippen LogP contribution in [0.5, 0.6) is 0 Å². The monoisotopic (exact) mass is 389 g/mol. The molecule has 1 saturated carbocycles. The summed E-state index contributed by atoms with van der Waals surface area (Å²) >= 11 is 5.98. The molecule has 1 N–H and O–H groups in total. The van der Waals surface area contributed by atoms with Crippen LogP contribution in [0.4, 0.5) is 0 Å². The number of carbonyl (C=O) groups is 2. The van der Waals surface area contributed by atoms with Crippen molar-refractivity contribution in [2.24, 2.45) is 10.9 Å². The number of rotatable bonds is 6. The first-order valence-corrected chi connectivity index (χ1v) is 10.2. The van der Waals surface area contributed by atoms with E-state index in [9.17, 15) is 9.59 Å². The van der Waals surface area contributed by atoms with Crippen molar-refractivity contribution in [2.45, 2.75) is 58.0 Å². The minimum absolute atomic E-state index is 0.0670. The van der Waals surface area contributed by atoms with Gasteiger partial charge in [-0.2, -0.15) is 0 Å². The Labute approximate surface area is 166 Å².